The van der Waals surface area contributed by atoms with Crippen molar-refractivity contribution in [3.8, 4) is 6.07 Å². The molecule has 26 heavy (non-hydrogen) atoms. The number of hydrogen-bond donors (Lipinski definition) is 1. The summed E-state index contributed by atoms with van der Waals surface area (Å²) in [6, 6.07) is 9.64. The largest absolute Gasteiger partial charge is 0.448 e. The number of ether oxygens (including phenoxy) is 1. The number of benzene rings is 1. The maximum atomic E-state index is 12.5. The van der Waals surface area contributed by atoms with E-state index in [4.69, 9.17) is 16.3 Å². The second-order valence-corrected chi connectivity index (χ2v) is 7.96. The number of halogens is 1. The van der Waals surface area contributed by atoms with Crippen LogP contribution in [0.2, 0.25) is 5.02 Å². The van der Waals surface area contributed by atoms with Crippen LogP contribution in [0.15, 0.2) is 24.3 Å². The third-order valence-electron chi connectivity index (χ3n) is 4.66. The van der Waals surface area contributed by atoms with Crippen LogP contribution in [0.4, 0.5) is 0 Å². The van der Waals surface area contributed by atoms with Crippen LogP contribution >= 0.6 is 22.9 Å². The van der Waals surface area contributed by atoms with Gasteiger partial charge >= 0.3 is 5.97 Å². The van der Waals surface area contributed by atoms with Crippen LogP contribution < -0.4 is 5.32 Å². The standard InChI is InChI=1S/C19H19ClN2O3S/c1-12(17(23)22-19(11-21)9-5-2-6-10-19)25-18(24)16-15(20)13-7-3-4-8-14(13)26-16/h3-4,7-8,12H,2,5-6,9-10H2,1H3,(H,22,23). The number of esters is 1. The zero-order valence-corrected chi connectivity index (χ0v) is 16.0. The molecule has 0 bridgehead atoms. The zero-order chi connectivity index (χ0) is 18.7. The summed E-state index contributed by atoms with van der Waals surface area (Å²) in [5, 5.41) is 13.4. The molecule has 1 heterocycles. The minimum absolute atomic E-state index is 0.278. The third kappa shape index (κ3) is 3.69. The lowest BCUT2D eigenvalue weighted by Gasteiger charge is -2.32. The fourth-order valence-electron chi connectivity index (χ4n) is 3.17. The van der Waals surface area contributed by atoms with E-state index in [2.05, 4.69) is 11.4 Å². The summed E-state index contributed by atoms with van der Waals surface area (Å²) in [5.41, 5.74) is -0.856. The van der Waals surface area contributed by atoms with E-state index in [1.54, 1.807) is 0 Å². The van der Waals surface area contributed by atoms with Crippen LogP contribution in [0.3, 0.4) is 0 Å². The molecule has 1 atom stereocenters. The second kappa shape index (κ2) is 7.65. The molecule has 1 unspecified atom stereocenters. The minimum Gasteiger partial charge on any atom is -0.448 e. The average molecular weight is 391 g/mol. The fourth-order valence-corrected chi connectivity index (χ4v) is 4.56. The Kier molecular flexibility index (Phi) is 5.49. The highest BCUT2D eigenvalue weighted by molar-refractivity contribution is 7.21. The smallest absolute Gasteiger partial charge is 0.350 e. The molecule has 1 saturated carbocycles. The molecular formula is C19H19ClN2O3S. The Labute approximate surface area is 160 Å². The molecule has 1 amide bonds. The molecule has 1 aromatic carbocycles. The number of nitrogens with zero attached hydrogens (tertiary/aromatic N) is 1. The maximum absolute atomic E-state index is 12.5. The first-order valence-corrected chi connectivity index (χ1v) is 9.76. The van der Waals surface area contributed by atoms with Crippen LogP contribution in [0.25, 0.3) is 10.1 Å². The van der Waals surface area contributed by atoms with Gasteiger partial charge in [0.2, 0.25) is 0 Å². The van der Waals surface area contributed by atoms with Crippen molar-refractivity contribution < 1.29 is 14.3 Å². The molecule has 7 heteroatoms. The van der Waals surface area contributed by atoms with Crippen molar-refractivity contribution in [3.05, 3.63) is 34.2 Å². The van der Waals surface area contributed by atoms with E-state index in [1.807, 2.05) is 24.3 Å². The molecule has 0 aliphatic heterocycles. The summed E-state index contributed by atoms with van der Waals surface area (Å²) in [7, 11) is 0. The quantitative estimate of drug-likeness (QED) is 0.782. The van der Waals surface area contributed by atoms with Crippen molar-refractivity contribution >= 4 is 44.9 Å². The van der Waals surface area contributed by atoms with Crippen LogP contribution in [-0.2, 0) is 9.53 Å². The third-order valence-corrected chi connectivity index (χ3v) is 6.31. The van der Waals surface area contributed by atoms with Crippen molar-refractivity contribution in [3.63, 3.8) is 0 Å². The lowest BCUT2D eigenvalue weighted by atomic mass is 9.83. The lowest BCUT2D eigenvalue weighted by Crippen LogP contribution is -2.52. The second-order valence-electron chi connectivity index (χ2n) is 6.53. The Balaban J connectivity index is 1.69. The van der Waals surface area contributed by atoms with Gasteiger partial charge in [0, 0.05) is 10.1 Å². The van der Waals surface area contributed by atoms with Crippen LogP contribution in [-0.4, -0.2) is 23.5 Å². The van der Waals surface area contributed by atoms with Gasteiger partial charge in [0.05, 0.1) is 11.1 Å². The number of hydrogen-bond acceptors (Lipinski definition) is 5. The van der Waals surface area contributed by atoms with Gasteiger partial charge in [-0.3, -0.25) is 4.79 Å². The summed E-state index contributed by atoms with van der Waals surface area (Å²) in [6.07, 6.45) is 3.11. The number of thiophene rings is 1. The molecule has 0 spiro atoms. The molecule has 136 valence electrons. The maximum Gasteiger partial charge on any atom is 0.350 e. The van der Waals surface area contributed by atoms with E-state index in [1.165, 1.54) is 18.3 Å². The van der Waals surface area contributed by atoms with Crippen molar-refractivity contribution in [2.24, 2.45) is 0 Å². The molecule has 3 rings (SSSR count). The van der Waals surface area contributed by atoms with Gasteiger partial charge in [-0.05, 0) is 25.8 Å². The monoisotopic (exact) mass is 390 g/mol. The predicted octanol–water partition coefficient (Wildman–Crippen LogP) is 4.44. The summed E-state index contributed by atoms with van der Waals surface area (Å²) < 4.78 is 6.19. The Bertz CT molecular complexity index is 881. The van der Waals surface area contributed by atoms with Crippen LogP contribution in [0, 0.1) is 11.3 Å². The number of fused-ring (bicyclic) bond motifs is 1. The van der Waals surface area contributed by atoms with Crippen molar-refractivity contribution in [1.29, 1.82) is 5.26 Å². The molecule has 5 nitrogen and oxygen atoms in total. The molecule has 1 aromatic heterocycles. The van der Waals surface area contributed by atoms with E-state index < -0.39 is 23.5 Å². The van der Waals surface area contributed by atoms with Gasteiger partial charge in [-0.15, -0.1) is 11.3 Å². The van der Waals surface area contributed by atoms with Crippen LogP contribution in [0.1, 0.15) is 48.7 Å². The molecule has 1 N–H and O–H groups in total. The normalized spacial score (nSPS) is 17.3. The number of rotatable bonds is 4. The predicted molar refractivity (Wildman–Crippen MR) is 101 cm³/mol. The summed E-state index contributed by atoms with van der Waals surface area (Å²) in [5.74, 6) is -1.09. The minimum atomic E-state index is -1.00. The molecule has 0 saturated heterocycles. The highest BCUT2D eigenvalue weighted by Gasteiger charge is 2.35. The van der Waals surface area contributed by atoms with E-state index in [0.717, 1.165) is 29.3 Å². The first kappa shape index (κ1) is 18.7. The van der Waals surface area contributed by atoms with Gasteiger partial charge in [-0.2, -0.15) is 5.26 Å². The van der Waals surface area contributed by atoms with Gasteiger partial charge < -0.3 is 10.1 Å². The van der Waals surface area contributed by atoms with Gasteiger partial charge in [0.1, 0.15) is 10.4 Å². The Hall–Kier alpha value is -2.10. The van der Waals surface area contributed by atoms with E-state index >= 15 is 0 Å². The fraction of sp³-hybridized carbons (Fsp3) is 0.421. The summed E-state index contributed by atoms with van der Waals surface area (Å²) in [6.45, 7) is 1.50. The number of nitriles is 1. The van der Waals surface area contributed by atoms with Crippen LogP contribution in [0.5, 0.6) is 0 Å². The average Bonchev–Trinajstić information content (AvgIpc) is 2.99. The Morgan fingerprint density at radius 2 is 2.00 bits per heavy atom. The first-order valence-electron chi connectivity index (χ1n) is 8.57. The van der Waals surface area contributed by atoms with Crippen molar-refractivity contribution in [2.45, 2.75) is 50.7 Å². The zero-order valence-electron chi connectivity index (χ0n) is 14.4. The van der Waals surface area contributed by atoms with Gasteiger partial charge in [0.15, 0.2) is 6.10 Å². The number of carbonyl (C=O) groups is 2. The van der Waals surface area contributed by atoms with Crippen molar-refractivity contribution in [1.82, 2.24) is 5.32 Å². The van der Waals surface area contributed by atoms with Gasteiger partial charge in [0.25, 0.3) is 5.91 Å². The lowest BCUT2D eigenvalue weighted by molar-refractivity contribution is -0.130. The molecule has 1 fully saturated rings. The van der Waals surface area contributed by atoms with Gasteiger partial charge in [-0.25, -0.2) is 4.79 Å². The molecular weight excluding hydrogens is 372 g/mol. The van der Waals surface area contributed by atoms with E-state index in [9.17, 15) is 14.9 Å². The van der Waals surface area contributed by atoms with Gasteiger partial charge in [-0.1, -0.05) is 49.1 Å². The molecule has 2 aromatic rings. The van der Waals surface area contributed by atoms with E-state index in [0.29, 0.717) is 17.9 Å². The molecule has 0 radical (unpaired) electrons. The Morgan fingerprint density at radius 1 is 1.31 bits per heavy atom. The number of amides is 1. The summed E-state index contributed by atoms with van der Waals surface area (Å²) in [4.78, 5) is 25.2. The number of carbonyl (C=O) groups excluding carboxylic acids is 2. The first-order chi connectivity index (χ1) is 12.5. The highest BCUT2D eigenvalue weighted by Crippen LogP contribution is 2.35. The SMILES string of the molecule is CC(OC(=O)c1sc2ccccc2c1Cl)C(=O)NC1(C#N)CCCCC1. The van der Waals surface area contributed by atoms with E-state index in [-0.39, 0.29) is 4.88 Å². The topological polar surface area (TPSA) is 79.2 Å². The molecule has 1 aliphatic rings. The molecule has 1 aliphatic carbocycles. The van der Waals surface area contributed by atoms with Crippen molar-refractivity contribution in [2.75, 3.05) is 0 Å². The summed E-state index contributed by atoms with van der Waals surface area (Å²) >= 11 is 7.52. The highest BCUT2D eigenvalue weighted by atomic mass is 35.5. The Morgan fingerprint density at radius 3 is 2.65 bits per heavy atom. The number of nitrogens with one attached hydrogen (secondary N) is 1.